The van der Waals surface area contributed by atoms with Gasteiger partial charge in [0, 0.05) is 6.04 Å². The first-order chi connectivity index (χ1) is 7.08. The minimum atomic E-state index is 0.403. The molecule has 0 fully saturated rings. The molecule has 0 saturated heterocycles. The van der Waals surface area contributed by atoms with E-state index in [4.69, 9.17) is 5.73 Å². The second-order valence-corrected chi connectivity index (χ2v) is 4.04. The topological polar surface area (TPSA) is 26.0 Å². The molecule has 0 aliphatic rings. The van der Waals surface area contributed by atoms with Crippen LogP contribution in [-0.2, 0) is 0 Å². The molecular formula is C14H35N. The van der Waals surface area contributed by atoms with Gasteiger partial charge in [0.15, 0.2) is 0 Å². The maximum atomic E-state index is 5.48. The Bertz CT molecular complexity index is 75.4. The Morgan fingerprint density at radius 2 is 1.33 bits per heavy atom. The molecule has 0 aromatic heterocycles. The molecule has 96 valence electrons. The predicted molar refractivity (Wildman–Crippen MR) is 74.3 cm³/mol. The Balaban J connectivity index is -0.000000166. The molecule has 0 aromatic carbocycles. The van der Waals surface area contributed by atoms with Crippen molar-refractivity contribution in [2.24, 2.45) is 11.7 Å². The van der Waals surface area contributed by atoms with Crippen molar-refractivity contribution in [3.63, 3.8) is 0 Å². The Morgan fingerprint density at radius 3 is 1.40 bits per heavy atom. The zero-order chi connectivity index (χ0) is 12.7. The van der Waals surface area contributed by atoms with Crippen LogP contribution in [-0.4, -0.2) is 6.04 Å². The van der Waals surface area contributed by atoms with Gasteiger partial charge in [-0.3, -0.25) is 0 Å². The summed E-state index contributed by atoms with van der Waals surface area (Å²) in [5.41, 5.74) is 5.48. The van der Waals surface area contributed by atoms with Crippen LogP contribution < -0.4 is 5.73 Å². The van der Waals surface area contributed by atoms with Gasteiger partial charge in [0.1, 0.15) is 0 Å². The van der Waals surface area contributed by atoms with Gasteiger partial charge < -0.3 is 5.73 Å². The van der Waals surface area contributed by atoms with Crippen LogP contribution in [0.25, 0.3) is 0 Å². The van der Waals surface area contributed by atoms with Gasteiger partial charge in [-0.2, -0.15) is 0 Å². The minimum Gasteiger partial charge on any atom is -0.328 e. The molecule has 0 saturated carbocycles. The standard InChI is InChI=1S/C6H15N.C6H14.C2H6/c1-3-4-5-6(2)7;1-4-6(3)5-2;1-2/h6H,3-5,7H2,1-2H3;6H,4-5H2,1-3H3;1-2H3. The van der Waals surface area contributed by atoms with E-state index in [-0.39, 0.29) is 0 Å². The van der Waals surface area contributed by atoms with Gasteiger partial charge >= 0.3 is 0 Å². The quantitative estimate of drug-likeness (QED) is 0.689. The van der Waals surface area contributed by atoms with Crippen LogP contribution in [0.15, 0.2) is 0 Å². The molecule has 0 heterocycles. The molecule has 0 spiro atoms. The first-order valence-corrected chi connectivity index (χ1v) is 6.83. The van der Waals surface area contributed by atoms with E-state index in [9.17, 15) is 0 Å². The van der Waals surface area contributed by atoms with E-state index in [2.05, 4.69) is 34.6 Å². The van der Waals surface area contributed by atoms with E-state index in [0.717, 1.165) is 5.92 Å². The molecule has 0 bridgehead atoms. The number of hydrogen-bond acceptors (Lipinski definition) is 1. The monoisotopic (exact) mass is 217 g/mol. The molecule has 15 heavy (non-hydrogen) atoms. The van der Waals surface area contributed by atoms with Gasteiger partial charge in [0.2, 0.25) is 0 Å². The van der Waals surface area contributed by atoms with Crippen LogP contribution in [0.1, 0.15) is 80.6 Å². The number of nitrogens with two attached hydrogens (primary N) is 1. The van der Waals surface area contributed by atoms with Crippen LogP contribution in [0.5, 0.6) is 0 Å². The van der Waals surface area contributed by atoms with E-state index >= 15 is 0 Å². The van der Waals surface area contributed by atoms with Crippen molar-refractivity contribution in [2.75, 3.05) is 0 Å². The van der Waals surface area contributed by atoms with Gasteiger partial charge in [-0.25, -0.2) is 0 Å². The lowest BCUT2D eigenvalue weighted by Gasteiger charge is -1.99. The molecule has 0 aliphatic heterocycles. The van der Waals surface area contributed by atoms with Crippen molar-refractivity contribution in [3.05, 3.63) is 0 Å². The maximum Gasteiger partial charge on any atom is 0.00104 e. The second-order valence-electron chi connectivity index (χ2n) is 4.04. The zero-order valence-corrected chi connectivity index (χ0v) is 12.3. The Kier molecular flexibility index (Phi) is 26.5. The van der Waals surface area contributed by atoms with E-state index in [0.29, 0.717) is 6.04 Å². The third-order valence-electron chi connectivity index (χ3n) is 2.41. The highest BCUT2D eigenvalue weighted by Crippen LogP contribution is 2.02. The van der Waals surface area contributed by atoms with E-state index in [1.54, 1.807) is 0 Å². The SMILES string of the molecule is CC.CCC(C)CC.CCCCC(C)N. The van der Waals surface area contributed by atoms with Crippen LogP contribution in [0.4, 0.5) is 0 Å². The zero-order valence-electron chi connectivity index (χ0n) is 12.3. The van der Waals surface area contributed by atoms with Crippen molar-refractivity contribution in [1.29, 1.82) is 0 Å². The highest BCUT2D eigenvalue weighted by molar-refractivity contribution is 4.50. The summed E-state index contributed by atoms with van der Waals surface area (Å²) < 4.78 is 0. The Morgan fingerprint density at radius 1 is 0.933 bits per heavy atom. The largest absolute Gasteiger partial charge is 0.328 e. The lowest BCUT2D eigenvalue weighted by atomic mass is 10.1. The summed E-state index contributed by atoms with van der Waals surface area (Å²) in [5, 5.41) is 0. The third-order valence-corrected chi connectivity index (χ3v) is 2.41. The summed E-state index contributed by atoms with van der Waals surface area (Å²) in [5.74, 6) is 0.935. The summed E-state index contributed by atoms with van der Waals surface area (Å²) in [6, 6.07) is 0.403. The number of hydrogen-bond donors (Lipinski definition) is 1. The Hall–Kier alpha value is -0.0400. The normalized spacial score (nSPS) is 11.0. The maximum absolute atomic E-state index is 5.48. The van der Waals surface area contributed by atoms with Gasteiger partial charge in [-0.05, 0) is 19.3 Å². The van der Waals surface area contributed by atoms with Crippen LogP contribution in [0.2, 0.25) is 0 Å². The van der Waals surface area contributed by atoms with Crippen molar-refractivity contribution >= 4 is 0 Å². The fourth-order valence-corrected chi connectivity index (χ4v) is 0.815. The van der Waals surface area contributed by atoms with Crippen LogP contribution in [0.3, 0.4) is 0 Å². The number of unbranched alkanes of at least 4 members (excludes halogenated alkanes) is 1. The van der Waals surface area contributed by atoms with Gasteiger partial charge in [0.05, 0.1) is 0 Å². The molecule has 0 radical (unpaired) electrons. The fraction of sp³-hybridized carbons (Fsp3) is 1.00. The van der Waals surface area contributed by atoms with E-state index in [1.807, 2.05) is 13.8 Å². The van der Waals surface area contributed by atoms with Crippen molar-refractivity contribution < 1.29 is 0 Å². The van der Waals surface area contributed by atoms with Crippen LogP contribution >= 0.6 is 0 Å². The average Bonchev–Trinajstić information content (AvgIpc) is 2.28. The molecule has 0 aromatic rings. The fourth-order valence-electron chi connectivity index (χ4n) is 0.815. The molecule has 0 amide bonds. The first-order valence-electron chi connectivity index (χ1n) is 6.83. The summed E-state index contributed by atoms with van der Waals surface area (Å²) in [7, 11) is 0. The molecule has 1 atom stereocenters. The van der Waals surface area contributed by atoms with Gasteiger partial charge in [-0.15, -0.1) is 0 Å². The lowest BCUT2D eigenvalue weighted by Crippen LogP contribution is -2.13. The molecule has 0 aliphatic carbocycles. The van der Waals surface area contributed by atoms with E-state index < -0.39 is 0 Å². The minimum absolute atomic E-state index is 0.403. The summed E-state index contributed by atoms with van der Waals surface area (Å²) in [4.78, 5) is 0. The molecular weight excluding hydrogens is 182 g/mol. The summed E-state index contributed by atoms with van der Waals surface area (Å²) in [6.45, 7) is 15.0. The number of rotatable bonds is 5. The second kappa shape index (κ2) is 19.5. The molecule has 1 unspecified atom stereocenters. The van der Waals surface area contributed by atoms with E-state index in [1.165, 1.54) is 32.1 Å². The van der Waals surface area contributed by atoms with Gasteiger partial charge in [0.25, 0.3) is 0 Å². The molecule has 1 nitrogen and oxygen atoms in total. The molecule has 0 rings (SSSR count). The van der Waals surface area contributed by atoms with Crippen molar-refractivity contribution in [3.8, 4) is 0 Å². The van der Waals surface area contributed by atoms with Crippen molar-refractivity contribution in [1.82, 2.24) is 0 Å². The lowest BCUT2D eigenvalue weighted by molar-refractivity contribution is 0.544. The predicted octanol–water partition coefficient (Wildman–Crippen LogP) is 4.99. The first kappa shape index (κ1) is 20.4. The molecule has 2 N–H and O–H groups in total. The van der Waals surface area contributed by atoms with Crippen LogP contribution in [0, 0.1) is 5.92 Å². The highest BCUT2D eigenvalue weighted by atomic mass is 14.6. The van der Waals surface area contributed by atoms with Gasteiger partial charge in [-0.1, -0.05) is 67.2 Å². The average molecular weight is 217 g/mol. The third kappa shape index (κ3) is 31.5. The summed E-state index contributed by atoms with van der Waals surface area (Å²) >= 11 is 0. The Labute approximate surface area is 98.8 Å². The summed E-state index contributed by atoms with van der Waals surface area (Å²) in [6.07, 6.45) is 6.38. The highest BCUT2D eigenvalue weighted by Gasteiger charge is 1.89. The molecule has 1 heteroatoms. The van der Waals surface area contributed by atoms with Crippen molar-refractivity contribution in [2.45, 2.75) is 86.6 Å². The smallest absolute Gasteiger partial charge is 0.00104 e.